The molecule has 0 amide bonds. The van der Waals surface area contributed by atoms with Crippen LogP contribution in [0.2, 0.25) is 0 Å². The molecule has 0 saturated heterocycles. The van der Waals surface area contributed by atoms with Crippen LogP contribution in [0.15, 0.2) is 18.2 Å². The Hall–Kier alpha value is -1.29. The topological polar surface area (TPSA) is 58.3 Å². The van der Waals surface area contributed by atoms with Crippen LogP contribution in [0.1, 0.15) is 13.3 Å². The maximum Gasteiger partial charge on any atom is 0.148 e. The fourth-order valence-corrected chi connectivity index (χ4v) is 1.11. The Kier molecular flexibility index (Phi) is 3.71. The molecule has 1 aromatic carbocycles. The number of nitrogens with two attached hydrogens (primary N) is 1. The van der Waals surface area contributed by atoms with E-state index in [1.807, 2.05) is 0 Å². The Morgan fingerprint density at radius 1 is 1.57 bits per heavy atom. The lowest BCUT2D eigenvalue weighted by atomic mass is 10.2. The van der Waals surface area contributed by atoms with Gasteiger partial charge in [0.25, 0.3) is 0 Å². The predicted molar refractivity (Wildman–Crippen MR) is 55.6 cm³/mol. The number of nitrogens with one attached hydrogen (secondary N) is 1. The van der Waals surface area contributed by atoms with E-state index in [0.717, 1.165) is 0 Å². The summed E-state index contributed by atoms with van der Waals surface area (Å²) in [5.41, 5.74) is 6.20. The third-order valence-electron chi connectivity index (χ3n) is 1.93. The Morgan fingerprint density at radius 3 is 2.93 bits per heavy atom. The molecule has 1 unspecified atom stereocenters. The summed E-state index contributed by atoms with van der Waals surface area (Å²) in [7, 11) is 0. The quantitative estimate of drug-likeness (QED) is 0.644. The maximum absolute atomic E-state index is 13.0. The van der Waals surface area contributed by atoms with Crippen LogP contribution in [-0.2, 0) is 0 Å². The second-order valence-corrected chi connectivity index (χ2v) is 3.27. The summed E-state index contributed by atoms with van der Waals surface area (Å²) in [4.78, 5) is 0. The first-order chi connectivity index (χ1) is 6.61. The Labute approximate surface area is 82.7 Å². The van der Waals surface area contributed by atoms with Gasteiger partial charge in [-0.1, -0.05) is 6.07 Å². The van der Waals surface area contributed by atoms with Crippen molar-refractivity contribution in [2.24, 2.45) is 0 Å². The number of aliphatic hydroxyl groups excluding tert-OH is 1. The van der Waals surface area contributed by atoms with Crippen molar-refractivity contribution in [1.29, 1.82) is 0 Å². The van der Waals surface area contributed by atoms with Crippen LogP contribution in [0.5, 0.6) is 0 Å². The first-order valence-electron chi connectivity index (χ1n) is 4.57. The first-order valence-corrected chi connectivity index (χ1v) is 4.57. The van der Waals surface area contributed by atoms with E-state index >= 15 is 0 Å². The highest BCUT2D eigenvalue weighted by molar-refractivity contribution is 5.66. The molecule has 78 valence electrons. The second kappa shape index (κ2) is 4.81. The molecule has 3 nitrogen and oxygen atoms in total. The number of para-hydroxylation sites is 1. The molecule has 0 aliphatic heterocycles. The van der Waals surface area contributed by atoms with E-state index in [0.29, 0.717) is 18.7 Å². The molecular formula is C10H15FN2O. The molecule has 0 radical (unpaired) electrons. The van der Waals surface area contributed by atoms with Crippen molar-refractivity contribution in [2.45, 2.75) is 19.4 Å². The molecule has 1 atom stereocenters. The van der Waals surface area contributed by atoms with Crippen molar-refractivity contribution >= 4 is 11.4 Å². The van der Waals surface area contributed by atoms with Gasteiger partial charge in [0.2, 0.25) is 0 Å². The summed E-state index contributed by atoms with van der Waals surface area (Å²) < 4.78 is 13.0. The van der Waals surface area contributed by atoms with Crippen LogP contribution >= 0.6 is 0 Å². The zero-order valence-electron chi connectivity index (χ0n) is 8.13. The lowest BCUT2D eigenvalue weighted by Gasteiger charge is -2.10. The van der Waals surface area contributed by atoms with Crippen LogP contribution < -0.4 is 11.1 Å². The van der Waals surface area contributed by atoms with E-state index in [1.165, 1.54) is 6.07 Å². The van der Waals surface area contributed by atoms with E-state index < -0.39 is 5.82 Å². The van der Waals surface area contributed by atoms with Gasteiger partial charge in [0.05, 0.1) is 17.5 Å². The minimum atomic E-state index is -0.424. The minimum absolute atomic E-state index is 0.123. The summed E-state index contributed by atoms with van der Waals surface area (Å²) in [5.74, 6) is -0.424. The number of hydrogen-bond donors (Lipinski definition) is 3. The van der Waals surface area contributed by atoms with Crippen molar-refractivity contribution in [3.63, 3.8) is 0 Å². The average Bonchev–Trinajstić information content (AvgIpc) is 2.12. The SMILES string of the molecule is CC(O)CCNc1cccc(F)c1N. The van der Waals surface area contributed by atoms with Crippen LogP contribution in [0, 0.1) is 5.82 Å². The molecule has 0 bridgehead atoms. The van der Waals surface area contributed by atoms with E-state index in [4.69, 9.17) is 10.8 Å². The molecular weight excluding hydrogens is 183 g/mol. The fraction of sp³-hybridized carbons (Fsp3) is 0.400. The number of rotatable bonds is 4. The fourth-order valence-electron chi connectivity index (χ4n) is 1.11. The summed E-state index contributed by atoms with van der Waals surface area (Å²) in [5, 5.41) is 12.0. The number of anilines is 2. The highest BCUT2D eigenvalue weighted by atomic mass is 19.1. The van der Waals surface area contributed by atoms with Crippen molar-refractivity contribution in [3.05, 3.63) is 24.0 Å². The number of hydrogen-bond acceptors (Lipinski definition) is 3. The van der Waals surface area contributed by atoms with Gasteiger partial charge in [-0.2, -0.15) is 0 Å². The van der Waals surface area contributed by atoms with Crippen molar-refractivity contribution in [3.8, 4) is 0 Å². The monoisotopic (exact) mass is 198 g/mol. The number of nitrogen functional groups attached to an aromatic ring is 1. The number of aliphatic hydroxyl groups is 1. The van der Waals surface area contributed by atoms with E-state index in [-0.39, 0.29) is 11.8 Å². The summed E-state index contributed by atoms with van der Waals surface area (Å²) in [6, 6.07) is 4.62. The van der Waals surface area contributed by atoms with Crippen LogP contribution in [0.25, 0.3) is 0 Å². The van der Waals surface area contributed by atoms with Crippen LogP contribution in [-0.4, -0.2) is 17.8 Å². The van der Waals surface area contributed by atoms with E-state index in [1.54, 1.807) is 19.1 Å². The molecule has 4 N–H and O–H groups in total. The van der Waals surface area contributed by atoms with Gasteiger partial charge in [-0.25, -0.2) is 4.39 Å². The molecule has 0 heterocycles. The molecule has 0 aliphatic carbocycles. The number of halogens is 1. The van der Waals surface area contributed by atoms with E-state index in [2.05, 4.69) is 5.32 Å². The smallest absolute Gasteiger partial charge is 0.148 e. The molecule has 0 spiro atoms. The molecule has 14 heavy (non-hydrogen) atoms. The molecule has 0 aliphatic rings. The summed E-state index contributed by atoms with van der Waals surface area (Å²) >= 11 is 0. The Morgan fingerprint density at radius 2 is 2.29 bits per heavy atom. The minimum Gasteiger partial charge on any atom is -0.395 e. The first kappa shape index (κ1) is 10.8. The Balaban J connectivity index is 2.54. The van der Waals surface area contributed by atoms with Gasteiger partial charge in [-0.05, 0) is 25.5 Å². The van der Waals surface area contributed by atoms with Gasteiger partial charge in [-0.3, -0.25) is 0 Å². The third kappa shape index (κ3) is 2.88. The average molecular weight is 198 g/mol. The zero-order valence-corrected chi connectivity index (χ0v) is 8.13. The molecule has 0 aromatic heterocycles. The Bertz CT molecular complexity index is 302. The maximum atomic E-state index is 13.0. The molecule has 0 saturated carbocycles. The highest BCUT2D eigenvalue weighted by Crippen LogP contribution is 2.20. The standard InChI is InChI=1S/C10H15FN2O/c1-7(14)5-6-13-9-4-2-3-8(11)10(9)12/h2-4,7,13-14H,5-6,12H2,1H3. The summed E-state index contributed by atoms with van der Waals surface area (Å²) in [6.45, 7) is 2.28. The van der Waals surface area contributed by atoms with Crippen molar-refractivity contribution < 1.29 is 9.50 Å². The van der Waals surface area contributed by atoms with Crippen LogP contribution in [0.4, 0.5) is 15.8 Å². The number of benzene rings is 1. The molecule has 1 rings (SSSR count). The van der Waals surface area contributed by atoms with Gasteiger partial charge in [0, 0.05) is 6.54 Å². The second-order valence-electron chi connectivity index (χ2n) is 3.27. The largest absolute Gasteiger partial charge is 0.395 e. The van der Waals surface area contributed by atoms with E-state index in [9.17, 15) is 4.39 Å². The highest BCUT2D eigenvalue weighted by Gasteiger charge is 2.03. The van der Waals surface area contributed by atoms with Gasteiger partial charge >= 0.3 is 0 Å². The lowest BCUT2D eigenvalue weighted by Crippen LogP contribution is -2.11. The van der Waals surface area contributed by atoms with Gasteiger partial charge in [-0.15, -0.1) is 0 Å². The molecule has 4 heteroatoms. The normalized spacial score (nSPS) is 12.5. The summed E-state index contributed by atoms with van der Waals surface area (Å²) in [6.07, 6.45) is 0.243. The van der Waals surface area contributed by atoms with Gasteiger partial charge in [0.15, 0.2) is 0 Å². The van der Waals surface area contributed by atoms with Crippen LogP contribution in [0.3, 0.4) is 0 Å². The van der Waals surface area contributed by atoms with Crippen molar-refractivity contribution in [2.75, 3.05) is 17.6 Å². The third-order valence-corrected chi connectivity index (χ3v) is 1.93. The lowest BCUT2D eigenvalue weighted by molar-refractivity contribution is 0.189. The van der Waals surface area contributed by atoms with Crippen molar-refractivity contribution in [1.82, 2.24) is 0 Å². The zero-order chi connectivity index (χ0) is 10.6. The predicted octanol–water partition coefficient (Wildman–Crippen LogP) is 1.59. The molecule has 1 aromatic rings. The van der Waals surface area contributed by atoms with Gasteiger partial charge < -0.3 is 16.2 Å². The van der Waals surface area contributed by atoms with Gasteiger partial charge in [0.1, 0.15) is 5.82 Å². The molecule has 0 fully saturated rings.